The van der Waals surface area contributed by atoms with Crippen molar-refractivity contribution in [1.29, 1.82) is 0 Å². The summed E-state index contributed by atoms with van der Waals surface area (Å²) in [5.74, 6) is 0. The van der Waals surface area contributed by atoms with E-state index in [1.165, 1.54) is 24.0 Å². The van der Waals surface area contributed by atoms with Gasteiger partial charge in [0.1, 0.15) is 0 Å². The number of benzene rings is 1. The van der Waals surface area contributed by atoms with Gasteiger partial charge in [-0.25, -0.2) is 9.52 Å². The molecule has 1 aromatic carbocycles. The summed E-state index contributed by atoms with van der Waals surface area (Å²) < 4.78 is 29.4. The van der Waals surface area contributed by atoms with Gasteiger partial charge in [-0.15, -0.1) is 0 Å². The molecule has 2 aromatic rings. The van der Waals surface area contributed by atoms with Crippen LogP contribution in [0, 0.1) is 0 Å². The first kappa shape index (κ1) is 20.5. The van der Waals surface area contributed by atoms with E-state index in [-0.39, 0.29) is 5.03 Å². The molecule has 0 atom stereocenters. The minimum Gasteiger partial charge on any atom is -0.307 e. The molecule has 0 radical (unpaired) electrons. The van der Waals surface area contributed by atoms with Crippen LogP contribution in [0.2, 0.25) is 0 Å². The van der Waals surface area contributed by atoms with Gasteiger partial charge in [0.25, 0.3) is 10.0 Å². The van der Waals surface area contributed by atoms with Crippen molar-refractivity contribution in [2.45, 2.75) is 69.0 Å². The third-order valence-corrected chi connectivity index (χ3v) is 7.95. The van der Waals surface area contributed by atoms with Gasteiger partial charge in [0.05, 0.1) is 5.69 Å². The molecular formula is C22H29N5O3S. The van der Waals surface area contributed by atoms with Crippen molar-refractivity contribution in [3.05, 3.63) is 40.1 Å². The first-order valence-corrected chi connectivity index (χ1v) is 12.5. The Balaban J connectivity index is 1.33. The summed E-state index contributed by atoms with van der Waals surface area (Å²) in [7, 11) is -0.305. The summed E-state index contributed by atoms with van der Waals surface area (Å²) in [6, 6.07) is 3.66. The van der Waals surface area contributed by atoms with Crippen LogP contribution in [0.15, 0.2) is 17.2 Å². The topological polar surface area (TPSA) is 96.3 Å². The van der Waals surface area contributed by atoms with E-state index < -0.39 is 16.1 Å². The van der Waals surface area contributed by atoms with Crippen molar-refractivity contribution in [2.75, 3.05) is 12.4 Å². The molecule has 5 rings (SSSR count). The molecule has 9 heteroatoms. The molecule has 2 amide bonds. The Bertz CT molecular complexity index is 1120. The number of anilines is 1. The van der Waals surface area contributed by atoms with Crippen molar-refractivity contribution in [3.63, 3.8) is 0 Å². The zero-order chi connectivity index (χ0) is 21.8. The number of carbonyl (C=O) groups is 1. The van der Waals surface area contributed by atoms with E-state index in [1.54, 1.807) is 17.8 Å². The Kier molecular flexibility index (Phi) is 5.05. The average molecular weight is 444 g/mol. The van der Waals surface area contributed by atoms with E-state index in [1.807, 2.05) is 7.05 Å². The average Bonchev–Trinajstić information content (AvgIpc) is 3.08. The fourth-order valence-electron chi connectivity index (χ4n) is 4.94. The Hall–Kier alpha value is -2.39. The SMILES string of the molecule is CN(Cc1cc(S(=O)(=O)NC(=O)Nc2c3c(cc4c2CCC4)CCC3)nn1C)C1CC1. The van der Waals surface area contributed by atoms with Gasteiger partial charge < -0.3 is 5.32 Å². The number of carbonyl (C=O) groups excluding carboxylic acids is 1. The zero-order valence-corrected chi connectivity index (χ0v) is 18.9. The lowest BCUT2D eigenvalue weighted by Crippen LogP contribution is -2.35. The highest BCUT2D eigenvalue weighted by Gasteiger charge is 2.29. The number of urea groups is 1. The van der Waals surface area contributed by atoms with Crippen LogP contribution in [0.4, 0.5) is 10.5 Å². The number of rotatable bonds is 6. The van der Waals surface area contributed by atoms with E-state index in [9.17, 15) is 13.2 Å². The molecule has 166 valence electrons. The summed E-state index contributed by atoms with van der Waals surface area (Å²) in [6.07, 6.45) is 8.36. The Labute approximate surface area is 183 Å². The zero-order valence-electron chi connectivity index (χ0n) is 18.1. The number of hydrogen-bond donors (Lipinski definition) is 2. The van der Waals surface area contributed by atoms with Crippen molar-refractivity contribution < 1.29 is 13.2 Å². The Morgan fingerprint density at radius 2 is 1.77 bits per heavy atom. The van der Waals surface area contributed by atoms with Crippen LogP contribution < -0.4 is 10.0 Å². The third-order valence-electron chi connectivity index (χ3n) is 6.75. The van der Waals surface area contributed by atoms with E-state index in [2.05, 4.69) is 26.1 Å². The molecule has 3 aliphatic rings. The van der Waals surface area contributed by atoms with Crippen molar-refractivity contribution >= 4 is 21.7 Å². The summed E-state index contributed by atoms with van der Waals surface area (Å²) in [6.45, 7) is 0.623. The van der Waals surface area contributed by atoms with Crippen molar-refractivity contribution in [1.82, 2.24) is 19.4 Å². The number of aryl methyl sites for hydroxylation is 3. The molecule has 31 heavy (non-hydrogen) atoms. The molecule has 3 aliphatic carbocycles. The van der Waals surface area contributed by atoms with Gasteiger partial charge >= 0.3 is 6.03 Å². The fourth-order valence-corrected chi connectivity index (χ4v) is 5.86. The fraction of sp³-hybridized carbons (Fsp3) is 0.545. The molecule has 0 saturated heterocycles. The van der Waals surface area contributed by atoms with E-state index in [0.29, 0.717) is 12.6 Å². The lowest BCUT2D eigenvalue weighted by atomic mass is 9.99. The van der Waals surface area contributed by atoms with Gasteiger partial charge in [-0.2, -0.15) is 13.5 Å². The van der Waals surface area contributed by atoms with Crippen LogP contribution in [0.25, 0.3) is 0 Å². The quantitative estimate of drug-likeness (QED) is 0.715. The molecule has 8 nitrogen and oxygen atoms in total. The maximum atomic E-state index is 12.8. The molecule has 0 spiro atoms. The largest absolute Gasteiger partial charge is 0.333 e. The second kappa shape index (κ2) is 7.63. The third kappa shape index (κ3) is 3.96. The Morgan fingerprint density at radius 1 is 1.13 bits per heavy atom. The van der Waals surface area contributed by atoms with Crippen LogP contribution in [0.1, 0.15) is 53.6 Å². The van der Waals surface area contributed by atoms with Crippen LogP contribution in [-0.2, 0) is 49.3 Å². The number of nitrogens with zero attached hydrogens (tertiary/aromatic N) is 3. The number of aromatic nitrogens is 2. The summed E-state index contributed by atoms with van der Waals surface area (Å²) in [5, 5.41) is 6.89. The van der Waals surface area contributed by atoms with Gasteiger partial charge in [0.15, 0.2) is 5.03 Å². The number of sulfonamides is 1. The number of fused-ring (bicyclic) bond motifs is 2. The predicted octanol–water partition coefficient (Wildman–Crippen LogP) is 2.50. The predicted molar refractivity (Wildman–Crippen MR) is 118 cm³/mol. The van der Waals surface area contributed by atoms with Gasteiger partial charge in [0, 0.05) is 31.4 Å². The molecule has 0 bridgehead atoms. The lowest BCUT2D eigenvalue weighted by molar-refractivity contribution is 0.256. The summed E-state index contributed by atoms with van der Waals surface area (Å²) in [4.78, 5) is 14.9. The van der Waals surface area contributed by atoms with Crippen LogP contribution in [0.3, 0.4) is 0 Å². The van der Waals surface area contributed by atoms with Crippen molar-refractivity contribution in [3.8, 4) is 0 Å². The first-order chi connectivity index (χ1) is 14.8. The molecule has 2 N–H and O–H groups in total. The van der Waals surface area contributed by atoms with E-state index >= 15 is 0 Å². The molecule has 0 unspecified atom stereocenters. The highest BCUT2D eigenvalue weighted by atomic mass is 32.2. The van der Waals surface area contributed by atoms with Gasteiger partial charge in [-0.05, 0) is 80.7 Å². The summed E-state index contributed by atoms with van der Waals surface area (Å²) >= 11 is 0. The van der Waals surface area contributed by atoms with Crippen molar-refractivity contribution in [2.24, 2.45) is 7.05 Å². The second-order valence-electron chi connectivity index (χ2n) is 9.04. The normalized spacial score (nSPS) is 17.6. The minimum atomic E-state index is -4.06. The maximum absolute atomic E-state index is 12.8. The van der Waals surface area contributed by atoms with E-state index in [4.69, 9.17) is 0 Å². The molecule has 1 aromatic heterocycles. The number of nitrogens with one attached hydrogen (secondary N) is 2. The van der Waals surface area contributed by atoms with E-state index in [0.717, 1.165) is 61.0 Å². The molecule has 0 aliphatic heterocycles. The number of hydrogen-bond acceptors (Lipinski definition) is 5. The highest BCUT2D eigenvalue weighted by Crippen LogP contribution is 2.38. The smallest absolute Gasteiger partial charge is 0.307 e. The maximum Gasteiger partial charge on any atom is 0.333 e. The second-order valence-corrected chi connectivity index (χ2v) is 10.7. The molecular weight excluding hydrogens is 414 g/mol. The van der Waals surface area contributed by atoms with Crippen LogP contribution in [0.5, 0.6) is 0 Å². The first-order valence-electron chi connectivity index (χ1n) is 11.1. The monoisotopic (exact) mass is 443 g/mol. The minimum absolute atomic E-state index is 0.132. The van der Waals surface area contributed by atoms with Gasteiger partial charge in [-0.1, -0.05) is 6.07 Å². The van der Waals surface area contributed by atoms with Gasteiger partial charge in [-0.3, -0.25) is 9.58 Å². The molecule has 1 heterocycles. The summed E-state index contributed by atoms with van der Waals surface area (Å²) in [5.41, 5.74) is 6.52. The Morgan fingerprint density at radius 3 is 2.39 bits per heavy atom. The standard InChI is InChI=1S/C22H29N5O3S/c1-26(16-9-10-16)13-17-12-20(24-27(17)2)31(29,30)25-22(28)23-21-18-7-3-5-14(18)11-15-6-4-8-19(15)21/h11-12,16H,3-10,13H2,1-2H3,(H2,23,25,28). The van der Waals surface area contributed by atoms with Gasteiger partial charge in [0.2, 0.25) is 0 Å². The van der Waals surface area contributed by atoms with Crippen LogP contribution >= 0.6 is 0 Å². The number of amides is 2. The van der Waals surface area contributed by atoms with Crippen LogP contribution in [-0.4, -0.2) is 42.2 Å². The highest BCUT2D eigenvalue weighted by molar-refractivity contribution is 7.90. The molecule has 1 fully saturated rings. The lowest BCUT2D eigenvalue weighted by Gasteiger charge is -2.16. The molecule has 1 saturated carbocycles.